The van der Waals surface area contributed by atoms with Crippen LogP contribution in [0.1, 0.15) is 63.4 Å². The van der Waals surface area contributed by atoms with Gasteiger partial charge in [0, 0.05) is 11.6 Å². The van der Waals surface area contributed by atoms with Gasteiger partial charge in [0.15, 0.2) is 0 Å². The van der Waals surface area contributed by atoms with Crippen LogP contribution in [-0.4, -0.2) is 23.1 Å². The van der Waals surface area contributed by atoms with Crippen LogP contribution in [0.15, 0.2) is 11.6 Å². The highest BCUT2D eigenvalue weighted by atomic mass is 32.1. The molecule has 0 aliphatic heterocycles. The summed E-state index contributed by atoms with van der Waals surface area (Å²) in [6.45, 7) is 3.96. The van der Waals surface area contributed by atoms with Crippen LogP contribution in [0.3, 0.4) is 0 Å². The molecule has 20 heavy (non-hydrogen) atoms. The zero-order chi connectivity index (χ0) is 14.4. The van der Waals surface area contributed by atoms with Gasteiger partial charge in [0.05, 0.1) is 12.1 Å². The van der Waals surface area contributed by atoms with E-state index in [-0.39, 0.29) is 24.2 Å². The van der Waals surface area contributed by atoms with Crippen molar-refractivity contribution in [2.24, 2.45) is 0 Å². The van der Waals surface area contributed by atoms with E-state index in [1.807, 2.05) is 19.2 Å². The fourth-order valence-electron chi connectivity index (χ4n) is 2.59. The first-order valence-corrected chi connectivity index (χ1v) is 8.44. The third-order valence-corrected chi connectivity index (χ3v) is 4.71. The van der Waals surface area contributed by atoms with Gasteiger partial charge in [0.25, 0.3) is 0 Å². The first-order chi connectivity index (χ1) is 9.70. The van der Waals surface area contributed by atoms with E-state index in [2.05, 4.69) is 10.3 Å². The molecule has 0 saturated heterocycles. The summed E-state index contributed by atoms with van der Waals surface area (Å²) in [7, 11) is 0. The fraction of sp³-hybridized carbons (Fsp3) is 0.733. The average Bonchev–Trinajstić information content (AvgIpc) is 3.00. The molecule has 1 aliphatic carbocycles. The van der Waals surface area contributed by atoms with Crippen LogP contribution >= 0.6 is 11.3 Å². The summed E-state index contributed by atoms with van der Waals surface area (Å²) in [4.78, 5) is 16.5. The highest BCUT2D eigenvalue weighted by molar-refractivity contribution is 7.09. The third kappa shape index (κ3) is 4.28. The maximum absolute atomic E-state index is 12.3. The number of amides is 1. The van der Waals surface area contributed by atoms with E-state index in [1.54, 1.807) is 17.5 Å². The van der Waals surface area contributed by atoms with Crippen molar-refractivity contribution in [3.05, 3.63) is 16.6 Å². The molecule has 1 N–H and O–H groups in total. The molecule has 0 bridgehead atoms. The predicted octanol–water partition coefficient (Wildman–Crippen LogP) is 3.45. The lowest BCUT2D eigenvalue weighted by Gasteiger charge is -2.27. The summed E-state index contributed by atoms with van der Waals surface area (Å²) in [5.41, 5.74) is 0. The maximum Gasteiger partial charge on any atom is 0.249 e. The molecule has 5 heteroatoms. The predicted molar refractivity (Wildman–Crippen MR) is 80.7 cm³/mol. The zero-order valence-corrected chi connectivity index (χ0v) is 13.1. The third-order valence-electron chi connectivity index (χ3n) is 3.75. The summed E-state index contributed by atoms with van der Waals surface area (Å²) in [6.07, 6.45) is 8.32. The van der Waals surface area contributed by atoms with Crippen LogP contribution in [-0.2, 0) is 9.53 Å². The van der Waals surface area contributed by atoms with Crippen molar-refractivity contribution >= 4 is 17.2 Å². The summed E-state index contributed by atoms with van der Waals surface area (Å²) in [5, 5.41) is 5.87. The van der Waals surface area contributed by atoms with Gasteiger partial charge < -0.3 is 10.1 Å². The molecule has 1 aromatic rings. The minimum atomic E-state index is -0.333. The van der Waals surface area contributed by atoms with Crippen LogP contribution in [0.4, 0.5) is 0 Å². The Labute approximate surface area is 124 Å². The smallest absolute Gasteiger partial charge is 0.249 e. The molecule has 1 heterocycles. The number of rotatable bonds is 6. The van der Waals surface area contributed by atoms with Crippen molar-refractivity contribution in [2.45, 2.75) is 70.6 Å². The Hall–Kier alpha value is -0.940. The Bertz CT molecular complexity index is 402. The van der Waals surface area contributed by atoms with Gasteiger partial charge in [-0.3, -0.25) is 4.79 Å². The minimum Gasteiger partial charge on any atom is -0.365 e. The van der Waals surface area contributed by atoms with Crippen molar-refractivity contribution in [2.75, 3.05) is 0 Å². The fourth-order valence-corrected chi connectivity index (χ4v) is 3.24. The van der Waals surface area contributed by atoms with E-state index in [4.69, 9.17) is 4.74 Å². The summed E-state index contributed by atoms with van der Waals surface area (Å²) in [6, 6.07) is -0.0495. The molecule has 0 unspecified atom stereocenters. The normalized spacial score (nSPS) is 19.5. The van der Waals surface area contributed by atoms with Crippen LogP contribution in [0.2, 0.25) is 0 Å². The van der Waals surface area contributed by atoms with Gasteiger partial charge in [-0.05, 0) is 26.2 Å². The molecule has 1 aromatic heterocycles. The number of nitrogens with zero attached hydrogens (tertiary/aromatic N) is 1. The Morgan fingerprint density at radius 3 is 2.85 bits per heavy atom. The van der Waals surface area contributed by atoms with Gasteiger partial charge in [-0.15, -0.1) is 11.3 Å². The van der Waals surface area contributed by atoms with Crippen LogP contribution < -0.4 is 5.32 Å². The van der Waals surface area contributed by atoms with E-state index in [0.29, 0.717) is 6.42 Å². The molecule has 2 rings (SSSR count). The number of hydrogen-bond donors (Lipinski definition) is 1. The molecule has 1 aliphatic rings. The Morgan fingerprint density at radius 2 is 2.25 bits per heavy atom. The topological polar surface area (TPSA) is 51.2 Å². The van der Waals surface area contributed by atoms with Crippen molar-refractivity contribution < 1.29 is 9.53 Å². The van der Waals surface area contributed by atoms with Crippen LogP contribution in [0, 0.1) is 0 Å². The highest BCUT2D eigenvalue weighted by Crippen LogP contribution is 2.22. The van der Waals surface area contributed by atoms with Gasteiger partial charge >= 0.3 is 0 Å². The highest BCUT2D eigenvalue weighted by Gasteiger charge is 2.24. The van der Waals surface area contributed by atoms with Crippen molar-refractivity contribution in [3.8, 4) is 0 Å². The second-order valence-corrected chi connectivity index (χ2v) is 6.32. The monoisotopic (exact) mass is 296 g/mol. The molecule has 0 radical (unpaired) electrons. The van der Waals surface area contributed by atoms with Gasteiger partial charge in [-0.25, -0.2) is 4.98 Å². The summed E-state index contributed by atoms with van der Waals surface area (Å²) < 4.78 is 5.99. The van der Waals surface area contributed by atoms with Crippen molar-refractivity contribution in [1.82, 2.24) is 10.3 Å². The zero-order valence-electron chi connectivity index (χ0n) is 12.3. The van der Waals surface area contributed by atoms with E-state index < -0.39 is 0 Å². The summed E-state index contributed by atoms with van der Waals surface area (Å²) >= 11 is 1.56. The lowest BCUT2D eigenvalue weighted by Crippen LogP contribution is -2.39. The van der Waals surface area contributed by atoms with Crippen LogP contribution in [0.5, 0.6) is 0 Å². The maximum atomic E-state index is 12.3. The van der Waals surface area contributed by atoms with Crippen molar-refractivity contribution in [3.63, 3.8) is 0 Å². The molecule has 112 valence electrons. The Kier molecular flexibility index (Phi) is 5.98. The SMILES string of the molecule is CC[C@@H](OC1CCCCC1)C(=O)N[C@H](C)c1nccs1. The van der Waals surface area contributed by atoms with Crippen LogP contribution in [0.25, 0.3) is 0 Å². The summed E-state index contributed by atoms with van der Waals surface area (Å²) in [5.74, 6) is -0.0132. The number of thiazole rings is 1. The van der Waals surface area contributed by atoms with E-state index in [9.17, 15) is 4.79 Å². The number of carbonyl (C=O) groups excluding carboxylic acids is 1. The Morgan fingerprint density at radius 1 is 1.50 bits per heavy atom. The van der Waals surface area contributed by atoms with Gasteiger partial charge in [-0.1, -0.05) is 26.2 Å². The Balaban J connectivity index is 1.84. The average molecular weight is 296 g/mol. The van der Waals surface area contributed by atoms with Gasteiger partial charge in [-0.2, -0.15) is 0 Å². The molecule has 2 atom stereocenters. The van der Waals surface area contributed by atoms with E-state index in [0.717, 1.165) is 17.8 Å². The molecular weight excluding hydrogens is 272 g/mol. The largest absolute Gasteiger partial charge is 0.365 e. The second-order valence-electron chi connectivity index (χ2n) is 5.39. The molecule has 0 spiro atoms. The first-order valence-electron chi connectivity index (χ1n) is 7.56. The lowest BCUT2D eigenvalue weighted by molar-refractivity contribution is -0.139. The molecule has 1 saturated carbocycles. The van der Waals surface area contributed by atoms with E-state index in [1.165, 1.54) is 19.3 Å². The number of carbonyl (C=O) groups is 1. The van der Waals surface area contributed by atoms with E-state index >= 15 is 0 Å². The lowest BCUT2D eigenvalue weighted by atomic mass is 9.97. The quantitative estimate of drug-likeness (QED) is 0.874. The minimum absolute atomic E-state index is 0.0132. The standard InChI is InChI=1S/C15H24N2O2S/c1-3-13(19-12-7-5-4-6-8-12)14(18)17-11(2)15-16-9-10-20-15/h9-13H,3-8H2,1-2H3,(H,17,18)/t11-,13-/m1/s1. The molecule has 4 nitrogen and oxygen atoms in total. The second kappa shape index (κ2) is 7.74. The first kappa shape index (κ1) is 15.4. The van der Waals surface area contributed by atoms with Gasteiger partial charge in [0.2, 0.25) is 5.91 Å². The molecule has 1 amide bonds. The molecular formula is C15H24N2O2S. The number of ether oxygens (including phenoxy) is 1. The number of aromatic nitrogens is 1. The number of nitrogens with one attached hydrogen (secondary N) is 1. The van der Waals surface area contributed by atoms with Gasteiger partial charge in [0.1, 0.15) is 11.1 Å². The number of hydrogen-bond acceptors (Lipinski definition) is 4. The molecule has 0 aromatic carbocycles. The molecule has 1 fully saturated rings. The van der Waals surface area contributed by atoms with Crippen molar-refractivity contribution in [1.29, 1.82) is 0 Å².